The van der Waals surface area contributed by atoms with Gasteiger partial charge in [0.2, 0.25) is 5.88 Å². The molecule has 0 N–H and O–H groups in total. The minimum Gasteiger partial charge on any atom is -0.404 e. The smallest absolute Gasteiger partial charge is 0.344 e. The van der Waals surface area contributed by atoms with Gasteiger partial charge in [-0.15, -0.1) is 0 Å². The van der Waals surface area contributed by atoms with Crippen LogP contribution in [-0.2, 0) is 0 Å². The highest BCUT2D eigenvalue weighted by Crippen LogP contribution is 2.28. The summed E-state index contributed by atoms with van der Waals surface area (Å²) in [5, 5.41) is 1.74. The normalized spacial score (nSPS) is 10.6. The first-order valence-corrected chi connectivity index (χ1v) is 6.92. The van der Waals surface area contributed by atoms with Gasteiger partial charge in [-0.3, -0.25) is 0 Å². The van der Waals surface area contributed by atoms with Gasteiger partial charge in [0.15, 0.2) is 0 Å². The lowest BCUT2D eigenvalue weighted by Gasteiger charge is -2.06. The molecule has 3 nitrogen and oxygen atoms in total. The molecule has 0 atom stereocenters. The molecule has 3 rings (SSSR count). The maximum absolute atomic E-state index is 12.0. The molecule has 1 heterocycles. The molecule has 0 saturated heterocycles. The van der Waals surface area contributed by atoms with E-state index in [1.807, 2.05) is 6.07 Å². The summed E-state index contributed by atoms with van der Waals surface area (Å²) in [6.45, 7) is 0. The molecular formula is C16H9Cl2NO2. The van der Waals surface area contributed by atoms with Crippen LogP contribution in [0.1, 0.15) is 10.4 Å². The first kappa shape index (κ1) is 13.9. The minimum atomic E-state index is -0.486. The molecule has 0 aliphatic rings. The van der Waals surface area contributed by atoms with Crippen LogP contribution in [0.25, 0.3) is 10.9 Å². The van der Waals surface area contributed by atoms with Gasteiger partial charge >= 0.3 is 5.97 Å². The molecule has 1 aromatic heterocycles. The Balaban J connectivity index is 1.96. The molecule has 21 heavy (non-hydrogen) atoms. The number of pyridine rings is 1. The van der Waals surface area contributed by atoms with Crippen LogP contribution >= 0.6 is 23.2 Å². The van der Waals surface area contributed by atoms with Crippen LogP contribution in [0, 0.1) is 0 Å². The van der Waals surface area contributed by atoms with Gasteiger partial charge in [-0.05, 0) is 30.3 Å². The monoisotopic (exact) mass is 317 g/mol. The van der Waals surface area contributed by atoms with Crippen LogP contribution in [0.4, 0.5) is 0 Å². The lowest BCUT2D eigenvalue weighted by Crippen LogP contribution is -2.09. The van der Waals surface area contributed by atoms with Gasteiger partial charge in [-0.2, -0.15) is 0 Å². The largest absolute Gasteiger partial charge is 0.404 e. The van der Waals surface area contributed by atoms with E-state index in [-0.39, 0.29) is 5.88 Å². The zero-order chi connectivity index (χ0) is 14.8. The molecule has 0 amide bonds. The molecule has 0 unspecified atom stereocenters. The maximum atomic E-state index is 12.0. The van der Waals surface area contributed by atoms with Crippen molar-refractivity contribution in [1.82, 2.24) is 4.98 Å². The predicted molar refractivity (Wildman–Crippen MR) is 83.2 cm³/mol. The highest BCUT2D eigenvalue weighted by Gasteiger charge is 2.11. The van der Waals surface area contributed by atoms with Gasteiger partial charge in [0.25, 0.3) is 0 Å². The second kappa shape index (κ2) is 5.72. The van der Waals surface area contributed by atoms with Crippen LogP contribution < -0.4 is 4.74 Å². The van der Waals surface area contributed by atoms with Gasteiger partial charge in [-0.1, -0.05) is 41.4 Å². The van der Waals surface area contributed by atoms with Crippen LogP contribution in [0.2, 0.25) is 10.0 Å². The van der Waals surface area contributed by atoms with E-state index >= 15 is 0 Å². The van der Waals surface area contributed by atoms with Gasteiger partial charge in [-0.25, -0.2) is 9.78 Å². The Morgan fingerprint density at radius 3 is 2.52 bits per heavy atom. The number of ether oxygens (including phenoxy) is 1. The summed E-state index contributed by atoms with van der Waals surface area (Å²) in [5.41, 5.74) is 1.02. The van der Waals surface area contributed by atoms with Crippen LogP contribution in [0.3, 0.4) is 0 Å². The van der Waals surface area contributed by atoms with Crippen LogP contribution in [0.5, 0.6) is 5.88 Å². The van der Waals surface area contributed by atoms with Crippen molar-refractivity contribution in [2.45, 2.75) is 0 Å². The Morgan fingerprint density at radius 1 is 1.00 bits per heavy atom. The summed E-state index contributed by atoms with van der Waals surface area (Å²) >= 11 is 12.1. The molecule has 0 spiro atoms. The summed E-state index contributed by atoms with van der Waals surface area (Å²) in [7, 11) is 0. The Morgan fingerprint density at radius 2 is 1.76 bits per heavy atom. The topological polar surface area (TPSA) is 39.2 Å². The third-order valence-corrected chi connectivity index (χ3v) is 3.45. The fourth-order valence-electron chi connectivity index (χ4n) is 1.92. The third kappa shape index (κ3) is 2.99. The average molecular weight is 318 g/mol. The fourth-order valence-corrected chi connectivity index (χ4v) is 2.34. The number of fused-ring (bicyclic) bond motifs is 1. The number of esters is 1. The van der Waals surface area contributed by atoms with Crippen molar-refractivity contribution in [2.75, 3.05) is 0 Å². The quantitative estimate of drug-likeness (QED) is 0.639. The number of rotatable bonds is 2. The summed E-state index contributed by atoms with van der Waals surface area (Å²) in [6, 6.07) is 15.4. The van der Waals surface area contributed by atoms with Gasteiger partial charge in [0, 0.05) is 16.5 Å². The van der Waals surface area contributed by atoms with E-state index in [2.05, 4.69) is 4.98 Å². The number of carbonyl (C=O) groups is 1. The van der Waals surface area contributed by atoms with Crippen molar-refractivity contribution in [3.05, 3.63) is 70.2 Å². The van der Waals surface area contributed by atoms with Crippen molar-refractivity contribution in [1.29, 1.82) is 0 Å². The molecule has 0 fully saturated rings. The zero-order valence-corrected chi connectivity index (χ0v) is 12.2. The fraction of sp³-hybridized carbons (Fsp3) is 0. The van der Waals surface area contributed by atoms with Gasteiger partial charge in [0.05, 0.1) is 16.1 Å². The molecule has 0 bridgehead atoms. The van der Waals surface area contributed by atoms with Crippen LogP contribution in [0.15, 0.2) is 54.6 Å². The van der Waals surface area contributed by atoms with Gasteiger partial charge in [0.1, 0.15) is 0 Å². The van der Waals surface area contributed by atoms with Crippen molar-refractivity contribution in [3.63, 3.8) is 0 Å². The van der Waals surface area contributed by atoms with Gasteiger partial charge < -0.3 is 4.74 Å². The van der Waals surface area contributed by atoms with E-state index in [0.717, 1.165) is 5.39 Å². The number of benzene rings is 2. The Hall–Kier alpha value is -2.10. The van der Waals surface area contributed by atoms with Crippen LogP contribution in [-0.4, -0.2) is 11.0 Å². The van der Waals surface area contributed by atoms with E-state index in [1.165, 1.54) is 6.07 Å². The molecule has 0 aliphatic carbocycles. The molecule has 104 valence electrons. The predicted octanol–water partition coefficient (Wildman–Crippen LogP) is 4.76. The van der Waals surface area contributed by atoms with Crippen molar-refractivity contribution in [3.8, 4) is 5.88 Å². The summed E-state index contributed by atoms with van der Waals surface area (Å²) in [6.07, 6.45) is 0. The number of hydrogen-bond donors (Lipinski definition) is 0. The summed E-state index contributed by atoms with van der Waals surface area (Å²) in [4.78, 5) is 16.2. The number of hydrogen-bond acceptors (Lipinski definition) is 3. The van der Waals surface area contributed by atoms with E-state index in [9.17, 15) is 4.79 Å². The molecule has 0 saturated carbocycles. The minimum absolute atomic E-state index is 0.142. The second-order valence-electron chi connectivity index (χ2n) is 4.36. The summed E-state index contributed by atoms with van der Waals surface area (Å²) in [5.74, 6) is -0.343. The number of nitrogens with zero attached hydrogens (tertiary/aromatic N) is 1. The summed E-state index contributed by atoms with van der Waals surface area (Å²) < 4.78 is 5.25. The number of aromatic nitrogens is 1. The molecule has 5 heteroatoms. The first-order chi connectivity index (χ1) is 10.1. The second-order valence-corrected chi connectivity index (χ2v) is 5.20. The standard InChI is InChI=1S/C16H9Cl2NO2/c17-11-6-7-12-13(18)9-15(19-14(12)8-11)21-16(20)10-4-2-1-3-5-10/h1-9H. The highest BCUT2D eigenvalue weighted by atomic mass is 35.5. The highest BCUT2D eigenvalue weighted by molar-refractivity contribution is 6.36. The van der Waals surface area contributed by atoms with E-state index < -0.39 is 5.97 Å². The van der Waals surface area contributed by atoms with Crippen molar-refractivity contribution in [2.24, 2.45) is 0 Å². The van der Waals surface area contributed by atoms with E-state index in [1.54, 1.807) is 42.5 Å². The third-order valence-electron chi connectivity index (χ3n) is 2.90. The Kier molecular flexibility index (Phi) is 3.78. The molecule has 2 aromatic carbocycles. The lowest BCUT2D eigenvalue weighted by atomic mass is 10.2. The van der Waals surface area contributed by atoms with Crippen molar-refractivity contribution >= 4 is 40.1 Å². The maximum Gasteiger partial charge on any atom is 0.344 e. The number of carbonyl (C=O) groups excluding carboxylic acids is 1. The van der Waals surface area contributed by atoms with E-state index in [4.69, 9.17) is 27.9 Å². The molecular weight excluding hydrogens is 309 g/mol. The average Bonchev–Trinajstić information content (AvgIpc) is 2.47. The number of halogens is 2. The first-order valence-electron chi connectivity index (χ1n) is 6.16. The molecule has 0 aliphatic heterocycles. The molecule has 3 aromatic rings. The van der Waals surface area contributed by atoms with Crippen molar-refractivity contribution < 1.29 is 9.53 Å². The molecule has 0 radical (unpaired) electrons. The Bertz CT molecular complexity index is 819. The Labute approximate surface area is 131 Å². The lowest BCUT2D eigenvalue weighted by molar-refractivity contribution is 0.0728. The zero-order valence-electron chi connectivity index (χ0n) is 10.7. The SMILES string of the molecule is O=C(Oc1cc(Cl)c2ccc(Cl)cc2n1)c1ccccc1. The van der Waals surface area contributed by atoms with E-state index in [0.29, 0.717) is 21.1 Å².